The van der Waals surface area contributed by atoms with Crippen molar-refractivity contribution >= 4 is 29.5 Å². The van der Waals surface area contributed by atoms with Crippen LogP contribution >= 0.6 is 11.6 Å². The maximum atomic E-state index is 13.6. The van der Waals surface area contributed by atoms with Gasteiger partial charge in [0.2, 0.25) is 5.91 Å². The van der Waals surface area contributed by atoms with E-state index in [-0.39, 0.29) is 49.3 Å². The quantitative estimate of drug-likeness (QED) is 0.343. The molecule has 0 radical (unpaired) electrons. The molecule has 3 rings (SSSR count). The molecule has 2 heterocycles. The van der Waals surface area contributed by atoms with Crippen molar-refractivity contribution in [2.24, 2.45) is 0 Å². The Hall–Kier alpha value is -2.84. The van der Waals surface area contributed by atoms with Gasteiger partial charge in [0.1, 0.15) is 23.2 Å². The number of piperidine rings is 1. The van der Waals surface area contributed by atoms with Crippen molar-refractivity contribution < 1.29 is 50.9 Å². The number of rotatable bonds is 9. The van der Waals surface area contributed by atoms with Crippen molar-refractivity contribution in [1.82, 2.24) is 15.1 Å². The van der Waals surface area contributed by atoms with Gasteiger partial charge >= 0.3 is 12.5 Å². The molecule has 1 N–H and O–H groups in total. The van der Waals surface area contributed by atoms with E-state index in [1.807, 2.05) is 0 Å². The Morgan fingerprint density at radius 1 is 1.07 bits per heavy atom. The summed E-state index contributed by atoms with van der Waals surface area (Å²) in [4.78, 5) is 41.4. The third-order valence-electron chi connectivity index (χ3n) is 5.98. The highest BCUT2D eigenvalue weighted by Crippen LogP contribution is 2.25. The fourth-order valence-electron chi connectivity index (χ4n) is 4.16. The molecule has 3 amide bonds. The van der Waals surface area contributed by atoms with Crippen LogP contribution in [0.4, 0.5) is 22.4 Å². The van der Waals surface area contributed by atoms with E-state index in [4.69, 9.17) is 25.8 Å². The van der Waals surface area contributed by atoms with Crippen molar-refractivity contribution in [1.29, 1.82) is 0 Å². The predicted molar refractivity (Wildman–Crippen MR) is 133 cm³/mol. The van der Waals surface area contributed by atoms with Crippen molar-refractivity contribution in [3.05, 3.63) is 29.0 Å². The van der Waals surface area contributed by atoms with Gasteiger partial charge in [-0.2, -0.15) is 0 Å². The molecule has 2 aliphatic rings. The van der Waals surface area contributed by atoms with Crippen LogP contribution in [0.25, 0.3) is 0 Å². The van der Waals surface area contributed by atoms with Gasteiger partial charge in [-0.05, 0) is 45.7 Å². The van der Waals surface area contributed by atoms with E-state index in [9.17, 15) is 31.9 Å². The lowest BCUT2D eigenvalue weighted by Crippen LogP contribution is -2.64. The Bertz CT molecular complexity index is 1060. The number of likely N-dealkylation sites (tertiary alicyclic amines) is 2. The van der Waals surface area contributed by atoms with Crippen molar-refractivity contribution in [2.45, 2.75) is 63.8 Å². The number of carbonyl (C=O) groups is 3. The summed E-state index contributed by atoms with van der Waals surface area (Å²) in [5, 5.41) is 2.67. The molecule has 0 spiro atoms. The molecule has 0 saturated carbocycles. The molecule has 2 aliphatic heterocycles. The van der Waals surface area contributed by atoms with Crippen LogP contribution in [-0.2, 0) is 23.8 Å². The van der Waals surface area contributed by atoms with Gasteiger partial charge in [0, 0.05) is 31.7 Å². The Morgan fingerprint density at radius 2 is 1.77 bits per heavy atom. The van der Waals surface area contributed by atoms with Gasteiger partial charge in [-0.25, -0.2) is 9.18 Å². The zero-order valence-corrected chi connectivity index (χ0v) is 23.0. The molecule has 10 nitrogen and oxygen atoms in total. The van der Waals surface area contributed by atoms with E-state index >= 15 is 0 Å². The maximum absolute atomic E-state index is 13.6. The lowest BCUT2D eigenvalue weighted by Gasteiger charge is -2.45. The average molecular weight is 598 g/mol. The Kier molecular flexibility index (Phi) is 10.5. The number of amides is 3. The van der Waals surface area contributed by atoms with E-state index in [0.717, 1.165) is 6.07 Å². The summed E-state index contributed by atoms with van der Waals surface area (Å²) in [5.41, 5.74) is -0.837. The van der Waals surface area contributed by atoms with Crippen LogP contribution in [-0.4, -0.2) is 97.3 Å². The Morgan fingerprint density at radius 3 is 2.40 bits per heavy atom. The maximum Gasteiger partial charge on any atom is 0.522 e. The minimum Gasteiger partial charge on any atom is -0.484 e. The Labute approximate surface area is 233 Å². The standard InChI is InChI=1S/C25H32ClF4N3O7/c1-24(2,3)40-23(36)33-11-15(31-21(34)14-38-16-5-6-18(26)19(27)10-16)4-7-20(33)22(35)32-12-17(13-32)37-8-9-39-25(28,29)30/h5-6,10,15,17,20H,4,7-9,11-14H2,1-3H3,(H,31,34). The lowest BCUT2D eigenvalue weighted by atomic mass is 9.96. The van der Waals surface area contributed by atoms with Crippen LogP contribution < -0.4 is 10.1 Å². The first kappa shape index (κ1) is 31.7. The minimum atomic E-state index is -4.74. The molecular weight excluding hydrogens is 566 g/mol. The number of hydrogen-bond donors (Lipinski definition) is 1. The molecule has 15 heteroatoms. The Balaban J connectivity index is 1.53. The number of benzene rings is 1. The van der Waals surface area contributed by atoms with Crippen molar-refractivity contribution in [3.8, 4) is 5.75 Å². The third-order valence-corrected chi connectivity index (χ3v) is 6.29. The van der Waals surface area contributed by atoms with Crippen molar-refractivity contribution in [2.75, 3.05) is 39.5 Å². The second kappa shape index (κ2) is 13.2. The monoisotopic (exact) mass is 597 g/mol. The summed E-state index contributed by atoms with van der Waals surface area (Å²) < 4.78 is 69.5. The fourth-order valence-corrected chi connectivity index (χ4v) is 4.28. The summed E-state index contributed by atoms with van der Waals surface area (Å²) in [6.45, 7) is 4.02. The van der Waals surface area contributed by atoms with Crippen LogP contribution in [0.15, 0.2) is 18.2 Å². The number of nitrogens with zero attached hydrogens (tertiary/aromatic N) is 2. The molecule has 0 bridgehead atoms. The molecule has 0 aliphatic carbocycles. The van der Waals surface area contributed by atoms with E-state index in [1.165, 1.54) is 21.9 Å². The highest BCUT2D eigenvalue weighted by Gasteiger charge is 2.43. The molecule has 224 valence electrons. The first-order valence-electron chi connectivity index (χ1n) is 12.6. The number of nitrogens with one attached hydrogen (secondary N) is 1. The first-order valence-corrected chi connectivity index (χ1v) is 13.0. The zero-order chi connectivity index (χ0) is 29.7. The van der Waals surface area contributed by atoms with E-state index in [1.54, 1.807) is 20.8 Å². The molecule has 0 aromatic heterocycles. The van der Waals surface area contributed by atoms with Gasteiger partial charge in [0.25, 0.3) is 5.91 Å². The summed E-state index contributed by atoms with van der Waals surface area (Å²) in [5.74, 6) is -1.43. The molecule has 2 unspecified atom stereocenters. The third kappa shape index (κ3) is 9.66. The van der Waals surface area contributed by atoms with E-state index in [2.05, 4.69) is 10.1 Å². The summed E-state index contributed by atoms with van der Waals surface area (Å²) in [6.07, 6.45) is -5.30. The van der Waals surface area contributed by atoms with Gasteiger partial charge in [-0.3, -0.25) is 19.2 Å². The van der Waals surface area contributed by atoms with Crippen LogP contribution in [0.3, 0.4) is 0 Å². The highest BCUT2D eigenvalue weighted by atomic mass is 35.5. The van der Waals surface area contributed by atoms with Gasteiger partial charge in [0.15, 0.2) is 6.61 Å². The molecule has 2 saturated heterocycles. The highest BCUT2D eigenvalue weighted by molar-refractivity contribution is 6.30. The topological polar surface area (TPSA) is 107 Å². The summed E-state index contributed by atoms with van der Waals surface area (Å²) in [7, 11) is 0. The van der Waals surface area contributed by atoms with Crippen LogP contribution in [0.5, 0.6) is 5.75 Å². The second-order valence-corrected chi connectivity index (χ2v) is 10.8. The molecule has 1 aromatic rings. The fraction of sp³-hybridized carbons (Fsp3) is 0.640. The van der Waals surface area contributed by atoms with Crippen LogP contribution in [0.2, 0.25) is 5.02 Å². The lowest BCUT2D eigenvalue weighted by molar-refractivity contribution is -0.328. The van der Waals surface area contributed by atoms with Crippen LogP contribution in [0, 0.1) is 5.82 Å². The SMILES string of the molecule is CC(C)(C)OC(=O)N1CC(NC(=O)COc2ccc(Cl)c(F)c2)CCC1C(=O)N1CC(OCCOC(F)(F)F)C1. The summed E-state index contributed by atoms with van der Waals surface area (Å²) in [6, 6.07) is 2.41. The molecule has 2 fully saturated rings. The number of alkyl halides is 3. The van der Waals surface area contributed by atoms with Gasteiger partial charge in [-0.15, -0.1) is 13.2 Å². The second-order valence-electron chi connectivity index (χ2n) is 10.4. The number of ether oxygens (including phenoxy) is 4. The molecule has 1 aromatic carbocycles. The number of hydrogen-bond acceptors (Lipinski definition) is 7. The largest absolute Gasteiger partial charge is 0.522 e. The summed E-state index contributed by atoms with van der Waals surface area (Å²) >= 11 is 5.64. The minimum absolute atomic E-state index is 0.00478. The number of halogens is 5. The smallest absolute Gasteiger partial charge is 0.484 e. The van der Waals surface area contributed by atoms with E-state index in [0.29, 0.717) is 6.42 Å². The predicted octanol–water partition coefficient (Wildman–Crippen LogP) is 3.51. The van der Waals surface area contributed by atoms with E-state index < -0.39 is 61.2 Å². The van der Waals surface area contributed by atoms with Gasteiger partial charge < -0.3 is 24.4 Å². The van der Waals surface area contributed by atoms with Gasteiger partial charge in [-0.1, -0.05) is 11.6 Å². The van der Waals surface area contributed by atoms with Gasteiger partial charge in [0.05, 0.1) is 24.3 Å². The number of carbonyl (C=O) groups excluding carboxylic acids is 3. The molecular formula is C25H32ClF4N3O7. The van der Waals surface area contributed by atoms with Crippen molar-refractivity contribution in [3.63, 3.8) is 0 Å². The molecule has 2 atom stereocenters. The first-order chi connectivity index (χ1) is 18.6. The average Bonchev–Trinajstić information content (AvgIpc) is 2.81. The van der Waals surface area contributed by atoms with Crippen LogP contribution in [0.1, 0.15) is 33.6 Å². The normalized spacial score (nSPS) is 20.1. The molecule has 40 heavy (non-hydrogen) atoms. The zero-order valence-electron chi connectivity index (χ0n) is 22.3.